The van der Waals surface area contributed by atoms with Crippen LogP contribution in [-0.2, 0) is 0 Å². The van der Waals surface area contributed by atoms with E-state index in [1.807, 2.05) is 18.8 Å². The average molecular weight is 253 g/mol. The van der Waals surface area contributed by atoms with Crippen LogP contribution in [0.25, 0.3) is 0 Å². The van der Waals surface area contributed by atoms with E-state index in [4.69, 9.17) is 0 Å². The maximum atomic E-state index is 4.20. The fourth-order valence-corrected chi connectivity index (χ4v) is 3.45. The van der Waals surface area contributed by atoms with Crippen LogP contribution in [0.15, 0.2) is 11.7 Å². The minimum atomic E-state index is 0.532. The Morgan fingerprint density at radius 2 is 2.47 bits per heavy atom. The summed E-state index contributed by atoms with van der Waals surface area (Å²) < 4.78 is 0. The maximum absolute atomic E-state index is 4.20. The van der Waals surface area contributed by atoms with E-state index in [2.05, 4.69) is 22.1 Å². The van der Waals surface area contributed by atoms with E-state index in [0.29, 0.717) is 6.04 Å². The molecule has 0 aromatic carbocycles. The number of thiazole rings is 1. The fraction of sp³-hybridized carbons (Fsp3) is 0.769. The van der Waals surface area contributed by atoms with Crippen molar-refractivity contribution in [2.24, 2.45) is 0 Å². The van der Waals surface area contributed by atoms with Crippen LogP contribution in [0.3, 0.4) is 0 Å². The van der Waals surface area contributed by atoms with Crippen LogP contribution >= 0.6 is 11.3 Å². The lowest BCUT2D eigenvalue weighted by atomic mass is 9.97. The predicted molar refractivity (Wildman–Crippen MR) is 73.4 cm³/mol. The molecule has 2 rings (SSSR count). The molecule has 1 aliphatic heterocycles. The molecule has 1 fully saturated rings. The van der Waals surface area contributed by atoms with Gasteiger partial charge in [0.25, 0.3) is 0 Å². The van der Waals surface area contributed by atoms with E-state index in [9.17, 15) is 0 Å². The van der Waals surface area contributed by atoms with Crippen molar-refractivity contribution in [3.8, 4) is 0 Å². The van der Waals surface area contributed by atoms with Crippen molar-refractivity contribution >= 4 is 11.3 Å². The van der Waals surface area contributed by atoms with E-state index in [-0.39, 0.29) is 0 Å². The number of aromatic nitrogens is 1. The molecule has 3 nitrogen and oxygen atoms in total. The van der Waals surface area contributed by atoms with E-state index in [1.54, 1.807) is 11.3 Å². The summed E-state index contributed by atoms with van der Waals surface area (Å²) in [6.07, 6.45) is 7.38. The Morgan fingerprint density at radius 3 is 3.18 bits per heavy atom. The number of likely N-dealkylation sites (tertiary alicyclic amines) is 1. The Kier molecular flexibility index (Phi) is 4.95. The molecule has 1 aliphatic rings. The number of nitrogens with one attached hydrogen (secondary N) is 1. The lowest BCUT2D eigenvalue weighted by Crippen LogP contribution is -2.42. The van der Waals surface area contributed by atoms with E-state index in [1.165, 1.54) is 37.1 Å². The van der Waals surface area contributed by atoms with Crippen molar-refractivity contribution in [1.29, 1.82) is 0 Å². The lowest BCUT2D eigenvalue weighted by Gasteiger charge is -2.39. The van der Waals surface area contributed by atoms with Crippen LogP contribution in [0.5, 0.6) is 0 Å². The Labute approximate surface area is 108 Å². The molecule has 96 valence electrons. The summed E-state index contributed by atoms with van der Waals surface area (Å²) in [5.74, 6) is 0. The molecule has 1 N–H and O–H groups in total. The standard InChI is InChI=1S/C13H23N3S/c1-11(13-9-15-10-17-13)16-8-4-3-5-12(16)6-7-14-2/h9-12,14H,3-8H2,1-2H3. The summed E-state index contributed by atoms with van der Waals surface area (Å²) in [6.45, 7) is 4.69. The van der Waals surface area contributed by atoms with Gasteiger partial charge in [-0.15, -0.1) is 11.3 Å². The molecule has 1 aromatic heterocycles. The molecule has 1 saturated heterocycles. The second-order valence-electron chi connectivity index (χ2n) is 4.86. The van der Waals surface area contributed by atoms with Crippen molar-refractivity contribution in [3.63, 3.8) is 0 Å². The monoisotopic (exact) mass is 253 g/mol. The van der Waals surface area contributed by atoms with Crippen LogP contribution < -0.4 is 5.32 Å². The van der Waals surface area contributed by atoms with Crippen LogP contribution in [-0.4, -0.2) is 36.1 Å². The van der Waals surface area contributed by atoms with E-state index >= 15 is 0 Å². The second kappa shape index (κ2) is 6.47. The lowest BCUT2D eigenvalue weighted by molar-refractivity contribution is 0.0987. The van der Waals surface area contributed by atoms with Crippen molar-refractivity contribution in [2.75, 3.05) is 20.1 Å². The molecule has 4 heteroatoms. The van der Waals surface area contributed by atoms with Crippen LogP contribution in [0.4, 0.5) is 0 Å². The first-order valence-corrected chi connectivity index (χ1v) is 7.49. The first-order chi connectivity index (χ1) is 8.33. The third-order valence-corrected chi connectivity index (χ3v) is 4.71. The van der Waals surface area contributed by atoms with Gasteiger partial charge in [-0.05, 0) is 46.3 Å². The number of rotatable bonds is 5. The molecule has 2 atom stereocenters. The Hall–Kier alpha value is -0.450. The average Bonchev–Trinajstić information content (AvgIpc) is 2.89. The molecule has 1 aromatic rings. The molecular weight excluding hydrogens is 230 g/mol. The summed E-state index contributed by atoms with van der Waals surface area (Å²) >= 11 is 1.78. The van der Waals surface area contributed by atoms with Gasteiger partial charge in [-0.2, -0.15) is 0 Å². The van der Waals surface area contributed by atoms with Gasteiger partial charge in [0.05, 0.1) is 5.51 Å². The molecule has 0 saturated carbocycles. The zero-order valence-corrected chi connectivity index (χ0v) is 11.7. The smallest absolute Gasteiger partial charge is 0.0794 e. The van der Waals surface area contributed by atoms with Crippen LogP contribution in [0.1, 0.15) is 43.5 Å². The molecule has 2 unspecified atom stereocenters. The summed E-state index contributed by atoms with van der Waals surface area (Å²) in [6, 6.07) is 1.28. The van der Waals surface area contributed by atoms with Gasteiger partial charge < -0.3 is 5.32 Å². The number of piperidine rings is 1. The Bertz CT molecular complexity index is 312. The third-order valence-electron chi connectivity index (χ3n) is 3.76. The van der Waals surface area contributed by atoms with Gasteiger partial charge in [0, 0.05) is 23.2 Å². The van der Waals surface area contributed by atoms with Gasteiger partial charge in [-0.3, -0.25) is 9.88 Å². The Balaban J connectivity index is 2.00. The molecule has 0 aliphatic carbocycles. The van der Waals surface area contributed by atoms with Crippen LogP contribution in [0.2, 0.25) is 0 Å². The van der Waals surface area contributed by atoms with Gasteiger partial charge in [0.1, 0.15) is 0 Å². The number of hydrogen-bond donors (Lipinski definition) is 1. The zero-order chi connectivity index (χ0) is 12.1. The highest BCUT2D eigenvalue weighted by molar-refractivity contribution is 7.09. The first-order valence-electron chi connectivity index (χ1n) is 6.61. The largest absolute Gasteiger partial charge is 0.320 e. The Morgan fingerprint density at radius 1 is 1.59 bits per heavy atom. The topological polar surface area (TPSA) is 28.2 Å². The van der Waals surface area contributed by atoms with E-state index in [0.717, 1.165) is 12.6 Å². The third kappa shape index (κ3) is 3.27. The second-order valence-corrected chi connectivity index (χ2v) is 5.78. The normalized spacial score (nSPS) is 23.8. The van der Waals surface area contributed by atoms with Gasteiger partial charge in [-0.25, -0.2) is 0 Å². The van der Waals surface area contributed by atoms with E-state index < -0.39 is 0 Å². The van der Waals surface area contributed by atoms with Gasteiger partial charge in [-0.1, -0.05) is 6.42 Å². The molecule has 17 heavy (non-hydrogen) atoms. The summed E-state index contributed by atoms with van der Waals surface area (Å²) in [4.78, 5) is 8.28. The fourth-order valence-electron chi connectivity index (χ4n) is 2.75. The van der Waals surface area contributed by atoms with Gasteiger partial charge in [0.2, 0.25) is 0 Å². The van der Waals surface area contributed by atoms with Crippen molar-refractivity contribution in [3.05, 3.63) is 16.6 Å². The SMILES string of the molecule is CNCCC1CCCCN1C(C)c1cncs1. The summed E-state index contributed by atoms with van der Waals surface area (Å²) in [5, 5.41) is 3.27. The van der Waals surface area contributed by atoms with Crippen molar-refractivity contribution in [1.82, 2.24) is 15.2 Å². The first kappa shape index (κ1) is 13.0. The molecule has 0 bridgehead atoms. The maximum Gasteiger partial charge on any atom is 0.0794 e. The zero-order valence-electron chi connectivity index (χ0n) is 10.9. The minimum Gasteiger partial charge on any atom is -0.320 e. The highest BCUT2D eigenvalue weighted by atomic mass is 32.1. The molecule has 0 radical (unpaired) electrons. The quantitative estimate of drug-likeness (QED) is 0.874. The van der Waals surface area contributed by atoms with Crippen molar-refractivity contribution < 1.29 is 0 Å². The minimum absolute atomic E-state index is 0.532. The molecular formula is C13H23N3S. The number of hydrogen-bond acceptors (Lipinski definition) is 4. The van der Waals surface area contributed by atoms with Crippen LogP contribution in [0, 0.1) is 0 Å². The highest BCUT2D eigenvalue weighted by Crippen LogP contribution is 2.31. The molecule has 2 heterocycles. The molecule has 0 amide bonds. The van der Waals surface area contributed by atoms with Gasteiger partial charge in [0.15, 0.2) is 0 Å². The van der Waals surface area contributed by atoms with Gasteiger partial charge >= 0.3 is 0 Å². The molecule has 0 spiro atoms. The highest BCUT2D eigenvalue weighted by Gasteiger charge is 2.27. The predicted octanol–water partition coefficient (Wildman–Crippen LogP) is 2.67. The summed E-state index contributed by atoms with van der Waals surface area (Å²) in [7, 11) is 2.04. The summed E-state index contributed by atoms with van der Waals surface area (Å²) in [5.41, 5.74) is 1.94. The number of nitrogens with zero attached hydrogens (tertiary/aromatic N) is 2. The van der Waals surface area contributed by atoms with Crippen molar-refractivity contribution in [2.45, 2.75) is 44.7 Å².